The lowest BCUT2D eigenvalue weighted by atomic mass is 10.2. The molecule has 0 saturated heterocycles. The SMILES string of the molecule is COc1cc(CNc2cccc(Cl)c2F)cc(Cl)c1OC. The van der Waals surface area contributed by atoms with Gasteiger partial charge in [-0.15, -0.1) is 0 Å². The van der Waals surface area contributed by atoms with E-state index in [1.807, 2.05) is 0 Å². The molecule has 112 valence electrons. The molecule has 21 heavy (non-hydrogen) atoms. The predicted octanol–water partition coefficient (Wildman–Crippen LogP) is 4.76. The Bertz CT molecular complexity index is 650. The van der Waals surface area contributed by atoms with Gasteiger partial charge in [-0.3, -0.25) is 0 Å². The molecule has 2 rings (SSSR count). The number of anilines is 1. The number of hydrogen-bond acceptors (Lipinski definition) is 3. The van der Waals surface area contributed by atoms with Crippen molar-refractivity contribution in [2.75, 3.05) is 19.5 Å². The fraction of sp³-hybridized carbons (Fsp3) is 0.200. The minimum atomic E-state index is -0.481. The standard InChI is InChI=1S/C15H14Cl2FNO2/c1-20-13-7-9(6-11(17)15(13)21-2)8-19-12-5-3-4-10(16)14(12)18/h3-7,19H,8H2,1-2H3. The summed E-state index contributed by atoms with van der Waals surface area (Å²) in [4.78, 5) is 0. The first-order valence-corrected chi connectivity index (χ1v) is 6.90. The number of benzene rings is 2. The largest absolute Gasteiger partial charge is 0.493 e. The minimum absolute atomic E-state index is 0.0744. The van der Waals surface area contributed by atoms with Crippen LogP contribution in [-0.2, 0) is 6.54 Å². The van der Waals surface area contributed by atoms with E-state index >= 15 is 0 Å². The highest BCUT2D eigenvalue weighted by Crippen LogP contribution is 2.36. The van der Waals surface area contributed by atoms with Gasteiger partial charge < -0.3 is 14.8 Å². The van der Waals surface area contributed by atoms with Crippen LogP contribution in [0.5, 0.6) is 11.5 Å². The Hall–Kier alpha value is -1.65. The molecule has 0 atom stereocenters. The van der Waals surface area contributed by atoms with Crippen molar-refractivity contribution < 1.29 is 13.9 Å². The molecule has 3 nitrogen and oxygen atoms in total. The Morgan fingerprint density at radius 3 is 2.52 bits per heavy atom. The third-order valence-corrected chi connectivity index (χ3v) is 3.50. The second-order valence-electron chi connectivity index (χ2n) is 4.27. The van der Waals surface area contributed by atoms with Gasteiger partial charge in [0.15, 0.2) is 17.3 Å². The Morgan fingerprint density at radius 1 is 1.10 bits per heavy atom. The Labute approximate surface area is 132 Å². The average Bonchev–Trinajstić information content (AvgIpc) is 2.48. The molecule has 0 aliphatic carbocycles. The number of methoxy groups -OCH3 is 2. The zero-order chi connectivity index (χ0) is 15.4. The second-order valence-corrected chi connectivity index (χ2v) is 5.08. The smallest absolute Gasteiger partial charge is 0.179 e. The maximum absolute atomic E-state index is 13.8. The molecule has 0 heterocycles. The van der Waals surface area contributed by atoms with Crippen molar-refractivity contribution in [1.29, 1.82) is 0 Å². The molecule has 0 fully saturated rings. The first kappa shape index (κ1) is 15.7. The molecule has 0 aromatic heterocycles. The number of rotatable bonds is 5. The highest BCUT2D eigenvalue weighted by Gasteiger charge is 2.11. The van der Waals surface area contributed by atoms with Gasteiger partial charge in [-0.25, -0.2) is 4.39 Å². The lowest BCUT2D eigenvalue weighted by Crippen LogP contribution is -2.03. The van der Waals surface area contributed by atoms with Gasteiger partial charge in [0.2, 0.25) is 0 Å². The second kappa shape index (κ2) is 6.87. The van der Waals surface area contributed by atoms with Crippen molar-refractivity contribution in [2.45, 2.75) is 6.54 Å². The monoisotopic (exact) mass is 329 g/mol. The molecule has 0 amide bonds. The van der Waals surface area contributed by atoms with E-state index in [2.05, 4.69) is 5.32 Å². The lowest BCUT2D eigenvalue weighted by Gasteiger charge is -2.13. The molecule has 2 aromatic carbocycles. The van der Waals surface area contributed by atoms with Gasteiger partial charge in [0.1, 0.15) is 0 Å². The zero-order valence-electron chi connectivity index (χ0n) is 11.5. The van der Waals surface area contributed by atoms with Crippen LogP contribution in [0.1, 0.15) is 5.56 Å². The van der Waals surface area contributed by atoms with Gasteiger partial charge in [-0.1, -0.05) is 29.3 Å². The first-order valence-electron chi connectivity index (χ1n) is 6.15. The van der Waals surface area contributed by atoms with Crippen LogP contribution in [0.3, 0.4) is 0 Å². The summed E-state index contributed by atoms with van der Waals surface area (Å²) in [5, 5.41) is 3.48. The zero-order valence-corrected chi connectivity index (χ0v) is 13.1. The number of nitrogens with one attached hydrogen (secondary N) is 1. The third kappa shape index (κ3) is 3.52. The third-order valence-electron chi connectivity index (χ3n) is 2.93. The summed E-state index contributed by atoms with van der Waals surface area (Å²) in [6.07, 6.45) is 0. The van der Waals surface area contributed by atoms with E-state index in [9.17, 15) is 4.39 Å². The van der Waals surface area contributed by atoms with Crippen molar-refractivity contribution in [2.24, 2.45) is 0 Å². The van der Waals surface area contributed by atoms with Crippen molar-refractivity contribution in [1.82, 2.24) is 0 Å². The van der Waals surface area contributed by atoms with Crippen molar-refractivity contribution in [3.63, 3.8) is 0 Å². The van der Waals surface area contributed by atoms with Crippen LogP contribution in [0.25, 0.3) is 0 Å². The summed E-state index contributed by atoms with van der Waals surface area (Å²) in [5.41, 5.74) is 1.16. The molecular formula is C15H14Cl2FNO2. The fourth-order valence-electron chi connectivity index (χ4n) is 1.91. The quantitative estimate of drug-likeness (QED) is 0.857. The molecule has 0 unspecified atom stereocenters. The van der Waals surface area contributed by atoms with Crippen molar-refractivity contribution >= 4 is 28.9 Å². The van der Waals surface area contributed by atoms with Gasteiger partial charge in [0.25, 0.3) is 0 Å². The summed E-state index contributed by atoms with van der Waals surface area (Å²) in [6, 6.07) is 8.30. The summed E-state index contributed by atoms with van der Waals surface area (Å²) in [5.74, 6) is 0.510. The van der Waals surface area contributed by atoms with E-state index < -0.39 is 5.82 Å². The molecule has 0 saturated carbocycles. The van der Waals surface area contributed by atoms with E-state index in [1.165, 1.54) is 20.3 Å². The molecule has 2 aromatic rings. The van der Waals surface area contributed by atoms with Gasteiger partial charge in [0.05, 0.1) is 30.0 Å². The van der Waals surface area contributed by atoms with E-state index in [1.54, 1.807) is 24.3 Å². The molecule has 0 spiro atoms. The van der Waals surface area contributed by atoms with E-state index in [4.69, 9.17) is 32.7 Å². The van der Waals surface area contributed by atoms with Crippen LogP contribution < -0.4 is 14.8 Å². The summed E-state index contributed by atoms with van der Waals surface area (Å²) in [7, 11) is 3.05. The van der Waals surface area contributed by atoms with Crippen LogP contribution in [0.15, 0.2) is 30.3 Å². The summed E-state index contributed by atoms with van der Waals surface area (Å²) >= 11 is 11.9. The van der Waals surface area contributed by atoms with Crippen LogP contribution in [0.2, 0.25) is 10.0 Å². The number of hydrogen-bond donors (Lipinski definition) is 1. The fourth-order valence-corrected chi connectivity index (χ4v) is 2.40. The maximum atomic E-state index is 13.8. The van der Waals surface area contributed by atoms with Gasteiger partial charge in [-0.05, 0) is 29.8 Å². The number of halogens is 3. The lowest BCUT2D eigenvalue weighted by molar-refractivity contribution is 0.355. The number of ether oxygens (including phenoxy) is 2. The highest BCUT2D eigenvalue weighted by atomic mass is 35.5. The Morgan fingerprint density at radius 2 is 1.86 bits per heavy atom. The first-order chi connectivity index (χ1) is 10.1. The molecule has 0 bridgehead atoms. The van der Waals surface area contributed by atoms with Crippen molar-refractivity contribution in [3.8, 4) is 11.5 Å². The highest BCUT2D eigenvalue weighted by molar-refractivity contribution is 6.32. The van der Waals surface area contributed by atoms with Crippen LogP contribution >= 0.6 is 23.2 Å². The molecule has 0 aliphatic heterocycles. The topological polar surface area (TPSA) is 30.5 Å². The van der Waals surface area contributed by atoms with Gasteiger partial charge >= 0.3 is 0 Å². The molecular weight excluding hydrogens is 316 g/mol. The Balaban J connectivity index is 2.20. The van der Waals surface area contributed by atoms with Gasteiger partial charge in [-0.2, -0.15) is 0 Å². The average molecular weight is 330 g/mol. The van der Waals surface area contributed by atoms with Crippen LogP contribution in [0.4, 0.5) is 10.1 Å². The van der Waals surface area contributed by atoms with Crippen LogP contribution in [0, 0.1) is 5.82 Å². The van der Waals surface area contributed by atoms with Gasteiger partial charge in [0, 0.05) is 6.54 Å². The maximum Gasteiger partial charge on any atom is 0.179 e. The minimum Gasteiger partial charge on any atom is -0.493 e. The normalized spacial score (nSPS) is 10.3. The molecule has 6 heteroatoms. The summed E-state index contributed by atoms with van der Waals surface area (Å²) < 4.78 is 24.2. The van der Waals surface area contributed by atoms with E-state index in [-0.39, 0.29) is 5.02 Å². The molecule has 0 aliphatic rings. The van der Waals surface area contributed by atoms with E-state index in [0.717, 1.165) is 5.56 Å². The Kier molecular flexibility index (Phi) is 5.15. The van der Waals surface area contributed by atoms with E-state index in [0.29, 0.717) is 28.8 Å². The van der Waals surface area contributed by atoms with Crippen molar-refractivity contribution in [3.05, 3.63) is 51.8 Å². The van der Waals surface area contributed by atoms with Crippen LogP contribution in [-0.4, -0.2) is 14.2 Å². The molecule has 0 radical (unpaired) electrons. The predicted molar refractivity (Wildman–Crippen MR) is 83.3 cm³/mol. The molecule has 1 N–H and O–H groups in total. The summed E-state index contributed by atoms with van der Waals surface area (Å²) in [6.45, 7) is 0.372.